The van der Waals surface area contributed by atoms with Crippen LogP contribution in [0.3, 0.4) is 0 Å². The number of hydrogen-bond acceptors (Lipinski definition) is 7. The van der Waals surface area contributed by atoms with E-state index in [1.807, 2.05) is 0 Å². The van der Waals surface area contributed by atoms with Crippen LogP contribution < -0.4 is 5.32 Å². The summed E-state index contributed by atoms with van der Waals surface area (Å²) in [6, 6.07) is 8.87. The van der Waals surface area contributed by atoms with E-state index in [0.29, 0.717) is 0 Å². The van der Waals surface area contributed by atoms with E-state index < -0.39 is 39.7 Å². The molecule has 0 atom stereocenters. The smallest absolute Gasteiger partial charge is 0.345 e. The van der Waals surface area contributed by atoms with Crippen LogP contribution in [0.4, 0.5) is 30.2 Å². The van der Waals surface area contributed by atoms with E-state index in [0.717, 1.165) is 31.5 Å². The standard InChI is InChI=1S/C22H13F3N4O4/c1-33-22(30)13-9-11(12-5-7-27-21(25)19(12)24)10-17(20(13)29(31)32)28-16-6-8-26-15-4-2-3-14(23)18(15)16/h2-10H,1H3,(H,26,28). The minimum atomic E-state index is -1.39. The molecule has 0 spiro atoms. The fourth-order valence-electron chi connectivity index (χ4n) is 3.40. The van der Waals surface area contributed by atoms with Crippen molar-refractivity contribution in [2.75, 3.05) is 12.4 Å². The molecule has 0 aliphatic carbocycles. The number of aromatic nitrogens is 2. The van der Waals surface area contributed by atoms with Gasteiger partial charge in [0.25, 0.3) is 0 Å². The Morgan fingerprint density at radius 2 is 1.82 bits per heavy atom. The van der Waals surface area contributed by atoms with Gasteiger partial charge in [-0.25, -0.2) is 18.6 Å². The number of nitrogens with one attached hydrogen (secondary N) is 1. The first-order valence-electron chi connectivity index (χ1n) is 9.33. The molecule has 0 aliphatic heterocycles. The Hall–Kier alpha value is -4.54. The summed E-state index contributed by atoms with van der Waals surface area (Å²) in [4.78, 5) is 30.7. The number of pyridine rings is 2. The highest BCUT2D eigenvalue weighted by Crippen LogP contribution is 2.39. The van der Waals surface area contributed by atoms with E-state index in [4.69, 9.17) is 0 Å². The lowest BCUT2D eigenvalue weighted by atomic mass is 10.00. The largest absolute Gasteiger partial charge is 0.465 e. The van der Waals surface area contributed by atoms with Crippen LogP contribution in [0.15, 0.2) is 54.9 Å². The maximum absolute atomic E-state index is 14.5. The molecule has 8 nitrogen and oxygen atoms in total. The van der Waals surface area contributed by atoms with Crippen LogP contribution in [0.25, 0.3) is 22.0 Å². The lowest BCUT2D eigenvalue weighted by Gasteiger charge is -2.14. The summed E-state index contributed by atoms with van der Waals surface area (Å²) < 4.78 is 47.3. The number of fused-ring (bicyclic) bond motifs is 1. The number of anilines is 2. The predicted octanol–water partition coefficient (Wildman–Crippen LogP) is 5.15. The first kappa shape index (κ1) is 21.7. The summed E-state index contributed by atoms with van der Waals surface area (Å²) in [7, 11) is 1.02. The molecule has 4 aromatic rings. The summed E-state index contributed by atoms with van der Waals surface area (Å²) in [5.41, 5.74) is -1.47. The Bertz CT molecular complexity index is 1420. The minimum Gasteiger partial charge on any atom is -0.465 e. The Balaban J connectivity index is 2.00. The lowest BCUT2D eigenvalue weighted by Crippen LogP contribution is -2.09. The molecule has 166 valence electrons. The summed E-state index contributed by atoms with van der Waals surface area (Å²) in [5.74, 6) is -4.42. The van der Waals surface area contributed by atoms with Crippen molar-refractivity contribution in [2.45, 2.75) is 0 Å². The van der Waals surface area contributed by atoms with E-state index in [1.54, 1.807) is 6.07 Å². The minimum absolute atomic E-state index is 0.0421. The highest BCUT2D eigenvalue weighted by molar-refractivity contribution is 6.01. The van der Waals surface area contributed by atoms with Crippen molar-refractivity contribution >= 4 is 33.9 Å². The molecule has 33 heavy (non-hydrogen) atoms. The van der Waals surface area contributed by atoms with Gasteiger partial charge in [-0.1, -0.05) is 6.07 Å². The average Bonchev–Trinajstić information content (AvgIpc) is 2.80. The van der Waals surface area contributed by atoms with Crippen LogP contribution in [0.5, 0.6) is 0 Å². The number of halogens is 3. The van der Waals surface area contributed by atoms with Crippen molar-refractivity contribution in [3.8, 4) is 11.1 Å². The molecule has 11 heteroatoms. The second-order valence-corrected chi connectivity index (χ2v) is 6.75. The molecule has 0 radical (unpaired) electrons. The monoisotopic (exact) mass is 454 g/mol. The van der Waals surface area contributed by atoms with Crippen LogP contribution in [-0.4, -0.2) is 28.0 Å². The Morgan fingerprint density at radius 3 is 2.55 bits per heavy atom. The van der Waals surface area contributed by atoms with Crippen molar-refractivity contribution < 1.29 is 27.6 Å². The van der Waals surface area contributed by atoms with E-state index in [2.05, 4.69) is 20.0 Å². The number of carbonyl (C=O) groups excluding carboxylic acids is 1. The van der Waals surface area contributed by atoms with Gasteiger partial charge in [0.2, 0.25) is 5.95 Å². The molecule has 1 N–H and O–H groups in total. The molecule has 0 amide bonds. The van der Waals surface area contributed by atoms with E-state index in [-0.39, 0.29) is 33.4 Å². The average molecular weight is 454 g/mol. The number of nitro benzene ring substituents is 1. The number of carbonyl (C=O) groups is 1. The van der Waals surface area contributed by atoms with Crippen LogP contribution in [0, 0.1) is 27.7 Å². The highest BCUT2D eigenvalue weighted by Gasteiger charge is 2.28. The molecule has 2 aromatic carbocycles. The summed E-state index contributed by atoms with van der Waals surface area (Å²) in [5, 5.41) is 14.7. The fraction of sp³-hybridized carbons (Fsp3) is 0.0455. The molecule has 0 saturated heterocycles. The third kappa shape index (κ3) is 3.91. The Labute approximate surface area is 183 Å². The van der Waals surface area contributed by atoms with Gasteiger partial charge >= 0.3 is 11.7 Å². The number of benzene rings is 2. The maximum atomic E-state index is 14.5. The van der Waals surface area contributed by atoms with Gasteiger partial charge in [0.15, 0.2) is 5.82 Å². The van der Waals surface area contributed by atoms with E-state index in [1.165, 1.54) is 24.4 Å². The van der Waals surface area contributed by atoms with E-state index >= 15 is 0 Å². The van der Waals surface area contributed by atoms with Gasteiger partial charge in [0, 0.05) is 18.0 Å². The normalized spacial score (nSPS) is 10.8. The number of hydrogen-bond donors (Lipinski definition) is 1. The third-order valence-corrected chi connectivity index (χ3v) is 4.84. The van der Waals surface area contributed by atoms with Gasteiger partial charge in [-0.3, -0.25) is 15.1 Å². The van der Waals surface area contributed by atoms with Crippen LogP contribution in [0.2, 0.25) is 0 Å². The van der Waals surface area contributed by atoms with Crippen molar-refractivity contribution in [3.05, 3.63) is 88.1 Å². The Morgan fingerprint density at radius 1 is 1.06 bits per heavy atom. The summed E-state index contributed by atoms with van der Waals surface area (Å²) in [6.45, 7) is 0. The van der Waals surface area contributed by atoms with Crippen molar-refractivity contribution in [1.29, 1.82) is 0 Å². The zero-order valence-corrected chi connectivity index (χ0v) is 16.8. The molecule has 0 aliphatic rings. The fourth-order valence-corrected chi connectivity index (χ4v) is 3.40. The summed E-state index contributed by atoms with van der Waals surface area (Å²) in [6.07, 6.45) is 2.37. The van der Waals surface area contributed by atoms with Gasteiger partial charge in [0.1, 0.15) is 17.1 Å². The number of nitrogens with zero attached hydrogens (tertiary/aromatic N) is 3. The molecule has 0 fully saturated rings. The molecule has 0 saturated carbocycles. The zero-order chi connectivity index (χ0) is 23.7. The lowest BCUT2D eigenvalue weighted by molar-refractivity contribution is -0.384. The molecule has 0 unspecified atom stereocenters. The number of nitro groups is 1. The van der Waals surface area contributed by atoms with Crippen molar-refractivity contribution in [2.24, 2.45) is 0 Å². The molecular formula is C22H13F3N4O4. The van der Waals surface area contributed by atoms with Crippen LogP contribution >= 0.6 is 0 Å². The third-order valence-electron chi connectivity index (χ3n) is 4.84. The highest BCUT2D eigenvalue weighted by atomic mass is 19.2. The van der Waals surface area contributed by atoms with Crippen LogP contribution in [-0.2, 0) is 4.74 Å². The maximum Gasteiger partial charge on any atom is 0.345 e. The second kappa shape index (κ2) is 8.54. The topological polar surface area (TPSA) is 107 Å². The zero-order valence-electron chi connectivity index (χ0n) is 16.8. The van der Waals surface area contributed by atoms with Crippen molar-refractivity contribution in [3.63, 3.8) is 0 Å². The SMILES string of the molecule is COC(=O)c1cc(-c2ccnc(F)c2F)cc(Nc2ccnc3cccc(F)c23)c1[N+](=O)[O-]. The molecular weight excluding hydrogens is 441 g/mol. The molecule has 2 aromatic heterocycles. The number of methoxy groups -OCH3 is 1. The van der Waals surface area contributed by atoms with Gasteiger partial charge in [-0.2, -0.15) is 4.39 Å². The molecule has 4 rings (SSSR count). The van der Waals surface area contributed by atoms with E-state index in [9.17, 15) is 28.1 Å². The second-order valence-electron chi connectivity index (χ2n) is 6.75. The Kier molecular flexibility index (Phi) is 5.61. The van der Waals surface area contributed by atoms with Crippen LogP contribution in [0.1, 0.15) is 10.4 Å². The molecule has 2 heterocycles. The van der Waals surface area contributed by atoms with Gasteiger partial charge in [0.05, 0.1) is 28.6 Å². The molecule has 0 bridgehead atoms. The van der Waals surface area contributed by atoms with Crippen molar-refractivity contribution in [1.82, 2.24) is 9.97 Å². The first-order chi connectivity index (χ1) is 15.8. The first-order valence-corrected chi connectivity index (χ1v) is 9.33. The predicted molar refractivity (Wildman–Crippen MR) is 113 cm³/mol. The van der Waals surface area contributed by atoms with Gasteiger partial charge in [-0.05, 0) is 42.0 Å². The number of rotatable bonds is 5. The number of ether oxygens (including phenoxy) is 1. The van der Waals surface area contributed by atoms with Gasteiger partial charge < -0.3 is 10.1 Å². The summed E-state index contributed by atoms with van der Waals surface area (Å²) >= 11 is 0. The van der Waals surface area contributed by atoms with Gasteiger partial charge in [-0.15, -0.1) is 0 Å². The number of esters is 1. The quantitative estimate of drug-likeness (QED) is 0.192.